The number of aromatic nitrogens is 2. The number of nitrogens with zero attached hydrogens (tertiary/aromatic N) is 2. The topological polar surface area (TPSA) is 113 Å². The first-order chi connectivity index (χ1) is 16.0. The average molecular weight is 453 g/mol. The van der Waals surface area contributed by atoms with E-state index in [2.05, 4.69) is 15.6 Å². The minimum atomic E-state index is -0.305. The highest BCUT2D eigenvalue weighted by molar-refractivity contribution is 5.97. The molecule has 1 saturated carbocycles. The van der Waals surface area contributed by atoms with E-state index in [1.54, 1.807) is 25.3 Å². The van der Waals surface area contributed by atoms with E-state index in [4.69, 9.17) is 18.8 Å². The van der Waals surface area contributed by atoms with E-state index in [1.807, 2.05) is 25.1 Å². The number of nitrogens with one attached hydrogen (secondary N) is 1. The molecule has 4 rings (SSSR count). The summed E-state index contributed by atoms with van der Waals surface area (Å²) in [6.07, 6.45) is 1.71. The lowest BCUT2D eigenvalue weighted by molar-refractivity contribution is -0.148. The van der Waals surface area contributed by atoms with Crippen molar-refractivity contribution >= 4 is 22.9 Å². The van der Waals surface area contributed by atoms with Crippen LogP contribution in [0, 0.1) is 0 Å². The van der Waals surface area contributed by atoms with Gasteiger partial charge in [0.15, 0.2) is 11.5 Å². The molecule has 174 valence electrons. The highest BCUT2D eigenvalue weighted by Gasteiger charge is 2.34. The van der Waals surface area contributed by atoms with Crippen LogP contribution in [0.15, 0.2) is 41.0 Å². The van der Waals surface area contributed by atoms with Gasteiger partial charge in [-0.2, -0.15) is 0 Å². The second kappa shape index (κ2) is 9.89. The van der Waals surface area contributed by atoms with E-state index in [0.29, 0.717) is 54.0 Å². The molecule has 3 aromatic rings. The number of hydrogen-bond acceptors (Lipinski definition) is 8. The van der Waals surface area contributed by atoms with Crippen molar-refractivity contribution in [3.05, 3.63) is 47.5 Å². The summed E-state index contributed by atoms with van der Waals surface area (Å²) in [5.41, 5.74) is 2.57. The van der Waals surface area contributed by atoms with E-state index in [1.165, 1.54) is 6.92 Å². The summed E-state index contributed by atoms with van der Waals surface area (Å²) in [5.74, 6) is 0.693. The normalized spacial score (nSPS) is 20.3. The molecule has 9 heteroatoms. The first-order valence-corrected chi connectivity index (χ1v) is 11.0. The number of fused-ring (bicyclic) bond motifs is 1. The second-order valence-corrected chi connectivity index (χ2v) is 8.04. The predicted molar refractivity (Wildman–Crippen MR) is 119 cm³/mol. The number of amides is 1. The summed E-state index contributed by atoms with van der Waals surface area (Å²) in [5, 5.41) is 10.8. The Labute approximate surface area is 191 Å². The average Bonchev–Trinajstić information content (AvgIpc) is 3.28. The van der Waals surface area contributed by atoms with Gasteiger partial charge in [-0.1, -0.05) is 6.07 Å². The number of carbonyl (C=O) groups excluding carboxylic acids is 2. The Bertz CT molecular complexity index is 1140. The lowest BCUT2D eigenvalue weighted by Gasteiger charge is -2.36. The summed E-state index contributed by atoms with van der Waals surface area (Å²) in [4.78, 5) is 24.6. The highest BCUT2D eigenvalue weighted by Crippen LogP contribution is 2.39. The van der Waals surface area contributed by atoms with Crippen LogP contribution in [0.1, 0.15) is 54.9 Å². The van der Waals surface area contributed by atoms with Crippen molar-refractivity contribution in [2.45, 2.75) is 51.2 Å². The minimum absolute atomic E-state index is 0.0744. The van der Waals surface area contributed by atoms with Gasteiger partial charge in [0.25, 0.3) is 5.91 Å². The molecule has 0 radical (unpaired) electrons. The summed E-state index contributed by atoms with van der Waals surface area (Å²) in [7, 11) is 1.60. The van der Waals surface area contributed by atoms with Gasteiger partial charge in [-0.15, -0.1) is 0 Å². The van der Waals surface area contributed by atoms with Crippen molar-refractivity contribution in [1.29, 1.82) is 0 Å². The molecule has 33 heavy (non-hydrogen) atoms. The highest BCUT2D eigenvalue weighted by atomic mass is 16.6. The molecule has 9 nitrogen and oxygen atoms in total. The molecule has 1 aliphatic rings. The molecule has 0 bridgehead atoms. The summed E-state index contributed by atoms with van der Waals surface area (Å²) < 4.78 is 21.4. The minimum Gasteiger partial charge on any atom is -0.493 e. The molecule has 1 fully saturated rings. The van der Waals surface area contributed by atoms with Gasteiger partial charge in [0, 0.05) is 24.4 Å². The zero-order chi connectivity index (χ0) is 23.4. The third-order valence-corrected chi connectivity index (χ3v) is 5.88. The van der Waals surface area contributed by atoms with Crippen LogP contribution < -0.4 is 14.8 Å². The fourth-order valence-corrected chi connectivity index (χ4v) is 4.38. The van der Waals surface area contributed by atoms with Crippen LogP contribution in [0.4, 0.5) is 0 Å². The van der Waals surface area contributed by atoms with E-state index in [0.717, 1.165) is 5.56 Å². The SMILES string of the molecule is CCOc1cc(C2CC(OC(C)=O)CCC2NC(=O)c2ccc3nonc3c2)ccc1OC. The molecule has 1 amide bonds. The van der Waals surface area contributed by atoms with Crippen molar-refractivity contribution in [3.8, 4) is 11.5 Å². The van der Waals surface area contributed by atoms with E-state index in [-0.39, 0.29) is 29.9 Å². The molecular formula is C24H27N3O6. The fraction of sp³-hybridized carbons (Fsp3) is 0.417. The molecule has 1 aromatic heterocycles. The van der Waals surface area contributed by atoms with Crippen LogP contribution in [0.3, 0.4) is 0 Å². The maximum absolute atomic E-state index is 13.1. The lowest BCUT2D eigenvalue weighted by atomic mass is 9.78. The van der Waals surface area contributed by atoms with E-state index in [9.17, 15) is 9.59 Å². The van der Waals surface area contributed by atoms with Crippen LogP contribution >= 0.6 is 0 Å². The Morgan fingerprint density at radius 1 is 1.09 bits per heavy atom. The van der Waals surface area contributed by atoms with Crippen molar-refractivity contribution < 1.29 is 28.4 Å². The van der Waals surface area contributed by atoms with Gasteiger partial charge < -0.3 is 19.5 Å². The molecule has 2 aromatic carbocycles. The molecule has 0 spiro atoms. The zero-order valence-corrected chi connectivity index (χ0v) is 18.9. The number of rotatable bonds is 7. The van der Waals surface area contributed by atoms with Crippen LogP contribution in [0.2, 0.25) is 0 Å². The Balaban J connectivity index is 1.60. The first kappa shape index (κ1) is 22.6. The second-order valence-electron chi connectivity index (χ2n) is 8.04. The zero-order valence-electron chi connectivity index (χ0n) is 18.9. The van der Waals surface area contributed by atoms with Gasteiger partial charge >= 0.3 is 5.97 Å². The van der Waals surface area contributed by atoms with Crippen molar-refractivity contribution in [2.24, 2.45) is 0 Å². The molecular weight excluding hydrogens is 426 g/mol. The third-order valence-electron chi connectivity index (χ3n) is 5.88. The van der Waals surface area contributed by atoms with E-state index >= 15 is 0 Å². The molecule has 3 unspecified atom stereocenters. The Morgan fingerprint density at radius 2 is 1.91 bits per heavy atom. The summed E-state index contributed by atoms with van der Waals surface area (Å²) >= 11 is 0. The van der Waals surface area contributed by atoms with Gasteiger partial charge in [-0.25, -0.2) is 4.63 Å². The molecule has 1 heterocycles. The Morgan fingerprint density at radius 3 is 2.67 bits per heavy atom. The summed E-state index contributed by atoms with van der Waals surface area (Å²) in [6.45, 7) is 3.83. The monoisotopic (exact) mass is 453 g/mol. The maximum atomic E-state index is 13.1. The van der Waals surface area contributed by atoms with Gasteiger partial charge in [0.05, 0.1) is 13.7 Å². The van der Waals surface area contributed by atoms with Crippen LogP contribution in [0.5, 0.6) is 11.5 Å². The van der Waals surface area contributed by atoms with Crippen molar-refractivity contribution in [1.82, 2.24) is 15.6 Å². The number of methoxy groups -OCH3 is 1. The fourth-order valence-electron chi connectivity index (χ4n) is 4.38. The smallest absolute Gasteiger partial charge is 0.302 e. The third kappa shape index (κ3) is 5.08. The van der Waals surface area contributed by atoms with Gasteiger partial charge in [-0.3, -0.25) is 9.59 Å². The Hall–Kier alpha value is -3.62. The number of ether oxygens (including phenoxy) is 3. The number of hydrogen-bond donors (Lipinski definition) is 1. The molecule has 3 atom stereocenters. The molecule has 0 saturated heterocycles. The van der Waals surface area contributed by atoms with Crippen molar-refractivity contribution in [2.75, 3.05) is 13.7 Å². The first-order valence-electron chi connectivity index (χ1n) is 11.0. The van der Waals surface area contributed by atoms with Crippen molar-refractivity contribution in [3.63, 3.8) is 0 Å². The number of esters is 1. The molecule has 0 aliphatic heterocycles. The molecule has 1 aliphatic carbocycles. The van der Waals surface area contributed by atoms with Gasteiger partial charge in [0.2, 0.25) is 0 Å². The molecule has 1 N–H and O–H groups in total. The maximum Gasteiger partial charge on any atom is 0.302 e. The Kier molecular flexibility index (Phi) is 6.76. The van der Waals surface area contributed by atoms with E-state index < -0.39 is 0 Å². The lowest BCUT2D eigenvalue weighted by Crippen LogP contribution is -2.44. The predicted octanol–water partition coefficient (Wildman–Crippen LogP) is 3.63. The summed E-state index contributed by atoms with van der Waals surface area (Å²) in [6, 6.07) is 10.7. The largest absolute Gasteiger partial charge is 0.493 e. The number of benzene rings is 2. The standard InChI is InChI=1S/C24H27N3O6/c1-4-31-23-12-15(6-10-22(23)30-3)18-13-17(32-14(2)28)7-9-19(18)25-24(29)16-5-8-20-21(11-16)27-33-26-20/h5-6,8,10-12,17-19H,4,7,9,13H2,1-3H3,(H,25,29). The van der Waals surface area contributed by atoms with Gasteiger partial charge in [0.1, 0.15) is 17.1 Å². The van der Waals surface area contributed by atoms with Gasteiger partial charge in [-0.05, 0) is 72.4 Å². The van der Waals surface area contributed by atoms with Crippen LogP contribution in [0.25, 0.3) is 11.0 Å². The van der Waals surface area contributed by atoms with Crippen LogP contribution in [-0.2, 0) is 9.53 Å². The quantitative estimate of drug-likeness (QED) is 0.540. The number of carbonyl (C=O) groups is 2. The van der Waals surface area contributed by atoms with Crippen LogP contribution in [-0.4, -0.2) is 48.1 Å².